The Labute approximate surface area is 155 Å². The lowest BCUT2D eigenvalue weighted by Gasteiger charge is -2.07. The average molecular weight is 367 g/mol. The van der Waals surface area contributed by atoms with Crippen LogP contribution in [0, 0.1) is 0 Å². The summed E-state index contributed by atoms with van der Waals surface area (Å²) in [6, 6.07) is 17.7. The van der Waals surface area contributed by atoms with Crippen molar-refractivity contribution in [1.82, 2.24) is 0 Å². The summed E-state index contributed by atoms with van der Waals surface area (Å²) in [5.74, 6) is 1.51. The first-order valence-corrected chi connectivity index (χ1v) is 9.58. The minimum Gasteiger partial charge on any atom is -0.489 e. The molecule has 0 spiro atoms. The van der Waals surface area contributed by atoms with Gasteiger partial charge in [0.1, 0.15) is 22.4 Å². The summed E-state index contributed by atoms with van der Waals surface area (Å²) >= 11 is 2.69. The van der Waals surface area contributed by atoms with Crippen molar-refractivity contribution < 1.29 is 9.53 Å². The Morgan fingerprint density at radius 1 is 1.16 bits per heavy atom. The largest absolute Gasteiger partial charge is 0.489 e. The number of aliphatic imine (C=N–C) groups is 1. The molecule has 0 N–H and O–H groups in total. The molecule has 0 radical (unpaired) electrons. The normalized spacial score (nSPS) is 15.3. The Hall–Kier alpha value is -2.24. The lowest BCUT2D eigenvalue weighted by Crippen LogP contribution is -1.95. The second-order valence-corrected chi connectivity index (χ2v) is 7.47. The van der Waals surface area contributed by atoms with Crippen molar-refractivity contribution in [2.24, 2.45) is 4.99 Å². The Balaban J connectivity index is 1.70. The van der Waals surface area contributed by atoms with E-state index in [0.29, 0.717) is 12.3 Å². The second-order valence-electron chi connectivity index (χ2n) is 5.24. The maximum Gasteiger partial charge on any atom is 0.244 e. The Morgan fingerprint density at radius 3 is 2.80 bits per heavy atom. The van der Waals surface area contributed by atoms with Gasteiger partial charge in [0.2, 0.25) is 5.12 Å². The van der Waals surface area contributed by atoms with Crippen LogP contribution in [0.2, 0.25) is 0 Å². The lowest BCUT2D eigenvalue weighted by molar-refractivity contribution is -0.107. The molecule has 0 saturated heterocycles. The number of ether oxygens (including phenoxy) is 1. The predicted molar refractivity (Wildman–Crippen MR) is 108 cm³/mol. The molecule has 0 aliphatic carbocycles. The maximum absolute atomic E-state index is 12.1. The van der Waals surface area contributed by atoms with Crippen LogP contribution in [0.25, 0.3) is 6.08 Å². The van der Waals surface area contributed by atoms with Crippen molar-refractivity contribution in [3.8, 4) is 5.75 Å². The summed E-state index contributed by atoms with van der Waals surface area (Å²) < 4.78 is 6.60. The van der Waals surface area contributed by atoms with Crippen molar-refractivity contribution in [3.05, 3.63) is 84.1 Å². The quantitative estimate of drug-likeness (QED) is 0.522. The van der Waals surface area contributed by atoms with Gasteiger partial charge >= 0.3 is 0 Å². The third kappa shape index (κ3) is 5.11. The second kappa shape index (κ2) is 8.74. The van der Waals surface area contributed by atoms with E-state index in [9.17, 15) is 4.79 Å². The summed E-state index contributed by atoms with van der Waals surface area (Å²) in [5, 5.41) is -0.0258. The van der Waals surface area contributed by atoms with Crippen molar-refractivity contribution in [3.63, 3.8) is 0 Å². The molecule has 2 aromatic rings. The van der Waals surface area contributed by atoms with E-state index in [0.717, 1.165) is 27.0 Å². The van der Waals surface area contributed by atoms with E-state index in [4.69, 9.17) is 4.74 Å². The molecule has 0 bridgehead atoms. The van der Waals surface area contributed by atoms with Crippen LogP contribution in [0.4, 0.5) is 0 Å². The van der Waals surface area contributed by atoms with Gasteiger partial charge in [-0.05, 0) is 41.1 Å². The molecule has 0 atom stereocenters. The molecule has 1 aliphatic rings. The van der Waals surface area contributed by atoms with Crippen LogP contribution in [0.15, 0.2) is 77.9 Å². The third-order valence-electron chi connectivity index (χ3n) is 3.34. The molecule has 25 heavy (non-hydrogen) atoms. The molecular formula is C20H17NO2S2. The van der Waals surface area contributed by atoms with Crippen LogP contribution in [-0.4, -0.2) is 15.2 Å². The van der Waals surface area contributed by atoms with Gasteiger partial charge in [0.15, 0.2) is 0 Å². The van der Waals surface area contributed by atoms with Crippen molar-refractivity contribution in [2.45, 2.75) is 6.61 Å². The van der Waals surface area contributed by atoms with Gasteiger partial charge in [0.05, 0.1) is 0 Å². The molecule has 3 rings (SSSR count). The molecule has 1 aliphatic heterocycles. The minimum atomic E-state index is -0.0258. The summed E-state index contributed by atoms with van der Waals surface area (Å²) in [6.45, 7) is 4.19. The van der Waals surface area contributed by atoms with E-state index < -0.39 is 0 Å². The molecule has 0 aromatic heterocycles. The predicted octanol–water partition coefficient (Wildman–Crippen LogP) is 5.16. The highest BCUT2D eigenvalue weighted by atomic mass is 32.2. The Kier molecular flexibility index (Phi) is 6.14. The molecule has 1 heterocycles. The Morgan fingerprint density at radius 2 is 2.00 bits per heavy atom. The monoisotopic (exact) mass is 367 g/mol. The molecule has 0 fully saturated rings. The van der Waals surface area contributed by atoms with Crippen LogP contribution in [-0.2, 0) is 11.4 Å². The van der Waals surface area contributed by atoms with Crippen LogP contribution < -0.4 is 4.74 Å². The van der Waals surface area contributed by atoms with Gasteiger partial charge in [0, 0.05) is 5.75 Å². The number of hydrogen-bond donors (Lipinski definition) is 0. The van der Waals surface area contributed by atoms with Crippen molar-refractivity contribution in [1.29, 1.82) is 0 Å². The first-order chi connectivity index (χ1) is 12.2. The molecule has 0 unspecified atom stereocenters. The number of nitrogens with zero attached hydrogens (tertiary/aromatic N) is 1. The fourth-order valence-electron chi connectivity index (χ4n) is 2.17. The van der Waals surface area contributed by atoms with Crippen LogP contribution in [0.5, 0.6) is 5.75 Å². The number of hydrogen-bond acceptors (Lipinski definition) is 5. The van der Waals surface area contributed by atoms with E-state index in [2.05, 4.69) is 11.6 Å². The van der Waals surface area contributed by atoms with Crippen LogP contribution >= 0.6 is 23.5 Å². The number of carbonyl (C=O) groups excluding carboxylic acids is 1. The molecule has 5 heteroatoms. The molecule has 0 amide bonds. The molecule has 0 saturated carbocycles. The van der Waals surface area contributed by atoms with Gasteiger partial charge in [-0.2, -0.15) is 0 Å². The molecular weight excluding hydrogens is 350 g/mol. The lowest BCUT2D eigenvalue weighted by atomic mass is 10.2. The standard InChI is InChI=1S/C20H17NO2S2/c1-2-11-24-20-21-18(19(22)25-20)13-16-9-6-10-17(12-16)23-14-15-7-4-3-5-8-15/h2-10,12-13H,1,11,14H2. The van der Waals surface area contributed by atoms with E-state index in [1.165, 1.54) is 23.5 Å². The minimum absolute atomic E-state index is 0.0258. The number of rotatable bonds is 6. The number of thioether (sulfide) groups is 2. The number of carbonyl (C=O) groups is 1. The zero-order valence-electron chi connectivity index (χ0n) is 13.6. The van der Waals surface area contributed by atoms with Gasteiger partial charge in [-0.1, -0.05) is 60.3 Å². The fraction of sp³-hybridized carbons (Fsp3) is 0.100. The zero-order valence-corrected chi connectivity index (χ0v) is 15.2. The molecule has 2 aromatic carbocycles. The van der Waals surface area contributed by atoms with Gasteiger partial charge in [-0.25, -0.2) is 4.99 Å². The highest BCUT2D eigenvalue weighted by Crippen LogP contribution is 2.31. The van der Waals surface area contributed by atoms with E-state index >= 15 is 0 Å². The average Bonchev–Trinajstić information content (AvgIpc) is 2.99. The topological polar surface area (TPSA) is 38.7 Å². The molecule has 3 nitrogen and oxygen atoms in total. The third-order valence-corrected chi connectivity index (χ3v) is 5.34. The van der Waals surface area contributed by atoms with Crippen LogP contribution in [0.3, 0.4) is 0 Å². The highest BCUT2D eigenvalue weighted by molar-refractivity contribution is 8.45. The first-order valence-electron chi connectivity index (χ1n) is 7.77. The van der Waals surface area contributed by atoms with Crippen LogP contribution in [0.1, 0.15) is 11.1 Å². The van der Waals surface area contributed by atoms with E-state index in [1.807, 2.05) is 54.6 Å². The van der Waals surface area contributed by atoms with Gasteiger partial charge in [-0.3, -0.25) is 4.79 Å². The number of benzene rings is 2. The van der Waals surface area contributed by atoms with E-state index in [1.54, 1.807) is 12.2 Å². The highest BCUT2D eigenvalue weighted by Gasteiger charge is 2.22. The first kappa shape index (κ1) is 17.6. The van der Waals surface area contributed by atoms with Gasteiger partial charge < -0.3 is 4.74 Å². The summed E-state index contributed by atoms with van der Waals surface area (Å²) in [5.41, 5.74) is 2.48. The van der Waals surface area contributed by atoms with Gasteiger partial charge in [0.25, 0.3) is 0 Å². The zero-order chi connectivity index (χ0) is 17.5. The fourth-order valence-corrected chi connectivity index (χ4v) is 3.78. The summed E-state index contributed by atoms with van der Waals surface area (Å²) in [6.07, 6.45) is 3.60. The Bertz CT molecular complexity index is 829. The smallest absolute Gasteiger partial charge is 0.244 e. The molecule has 126 valence electrons. The summed E-state index contributed by atoms with van der Waals surface area (Å²) in [7, 11) is 0. The SMILES string of the molecule is C=CCSC1=NC(=Cc2cccc(OCc3ccccc3)c2)C(=O)S1. The maximum atomic E-state index is 12.1. The van der Waals surface area contributed by atoms with Gasteiger partial charge in [-0.15, -0.1) is 6.58 Å². The van der Waals surface area contributed by atoms with Crippen molar-refractivity contribution >= 4 is 39.1 Å². The van der Waals surface area contributed by atoms with Crippen molar-refractivity contribution in [2.75, 3.05) is 5.75 Å². The summed E-state index contributed by atoms with van der Waals surface area (Å²) in [4.78, 5) is 16.4. The van der Waals surface area contributed by atoms with E-state index in [-0.39, 0.29) is 5.12 Å².